The summed E-state index contributed by atoms with van der Waals surface area (Å²) in [5.41, 5.74) is 2.05. The molecule has 2 aromatic carbocycles. The van der Waals surface area contributed by atoms with Gasteiger partial charge in [0, 0.05) is 63.5 Å². The van der Waals surface area contributed by atoms with Crippen molar-refractivity contribution < 1.29 is 51.5 Å². The van der Waals surface area contributed by atoms with E-state index in [0.717, 1.165) is 18.5 Å². The van der Waals surface area contributed by atoms with E-state index in [-0.39, 0.29) is 50.6 Å². The molecule has 9 nitrogen and oxygen atoms in total. The molecule has 0 spiro atoms. The van der Waals surface area contributed by atoms with E-state index in [1.165, 1.54) is 5.56 Å². The number of hydrogen-bond acceptors (Lipinski definition) is 9. The Balaban J connectivity index is 0.00000578. The number of hydrazone groups is 1. The molecule has 2 aromatic rings. The van der Waals surface area contributed by atoms with Gasteiger partial charge in [0.05, 0.1) is 28.7 Å². The zero-order valence-corrected chi connectivity index (χ0v) is 29.9. The second kappa shape index (κ2) is 20.0. The van der Waals surface area contributed by atoms with Crippen molar-refractivity contribution in [1.82, 2.24) is 9.68 Å². The molecule has 0 fully saturated rings. The summed E-state index contributed by atoms with van der Waals surface area (Å²) in [5.74, 6) is 1.25. The topological polar surface area (TPSA) is 110 Å². The molecule has 0 aliphatic heterocycles. The zero-order valence-electron chi connectivity index (χ0n) is 18.6. The first-order valence-corrected chi connectivity index (χ1v) is 17.8. The summed E-state index contributed by atoms with van der Waals surface area (Å²) in [7, 11) is 8.91. The van der Waals surface area contributed by atoms with E-state index in [2.05, 4.69) is 29.4 Å². The third kappa shape index (κ3) is 14.5. The van der Waals surface area contributed by atoms with Crippen LogP contribution in [-0.4, -0.2) is 29.5 Å². The van der Waals surface area contributed by atoms with Crippen LogP contribution in [0.4, 0.5) is 0 Å². The zero-order chi connectivity index (χ0) is 24.1. The largest absolute Gasteiger partial charge is 0.610 e. The molecule has 0 saturated carbocycles. The molecule has 2 N–H and O–H groups in total. The normalized spacial score (nSPS) is 12.7. The quantitative estimate of drug-likeness (QED) is 0.0653. The van der Waals surface area contributed by atoms with Crippen LogP contribution in [0, 0.1) is 24.4 Å². The average Bonchev–Trinajstić information content (AvgIpc) is 2.82. The van der Waals surface area contributed by atoms with Crippen LogP contribution in [0.1, 0.15) is 11.1 Å². The van der Waals surface area contributed by atoms with Gasteiger partial charge in [-0.15, -0.1) is 9.99 Å². The van der Waals surface area contributed by atoms with Gasteiger partial charge in [-0.25, -0.2) is 0 Å². The van der Waals surface area contributed by atoms with Gasteiger partial charge in [-0.2, -0.15) is 0 Å². The van der Waals surface area contributed by atoms with Crippen LogP contribution in [0.25, 0.3) is 0 Å². The Bertz CT molecular complexity index is 980. The molecule has 2 atom stereocenters. The van der Waals surface area contributed by atoms with Gasteiger partial charge >= 0.3 is 7.07 Å². The van der Waals surface area contributed by atoms with Gasteiger partial charge in [0.15, 0.2) is 11.5 Å². The first-order chi connectivity index (χ1) is 15.9. The second-order valence-corrected chi connectivity index (χ2v) is 18.6. The number of nitrogens with zero attached hydrogens (tertiary/aromatic N) is 5. The van der Waals surface area contributed by atoms with Crippen molar-refractivity contribution in [2.45, 2.75) is 6.42 Å². The number of nitrogens with one attached hydrogen (secondary N) is 2. The molecule has 2 unspecified atom stereocenters. The van der Waals surface area contributed by atoms with Gasteiger partial charge < -0.3 is 23.8 Å². The Morgan fingerprint density at radius 2 is 1.69 bits per heavy atom. The minimum Gasteiger partial charge on any atom is -0.610 e. The molecule has 0 amide bonds. The van der Waals surface area contributed by atoms with Crippen LogP contribution in [-0.2, 0) is 60.4 Å². The maximum absolute atomic E-state index is 7.27. The summed E-state index contributed by atoms with van der Waals surface area (Å²) in [6, 6.07) is 15.0. The molecule has 2 rings (SSSR count). The van der Waals surface area contributed by atoms with E-state index in [0.29, 0.717) is 27.6 Å². The molecule has 0 aliphatic carbocycles. The summed E-state index contributed by atoms with van der Waals surface area (Å²) >= 11 is 5.46. The fourth-order valence-electron chi connectivity index (χ4n) is 2.15. The molecular weight excluding hydrogens is 901 g/mol. The van der Waals surface area contributed by atoms with E-state index in [1.807, 2.05) is 36.4 Å². The monoisotopic (exact) mass is 924 g/mol. The van der Waals surface area contributed by atoms with Gasteiger partial charge in [0.25, 0.3) is 0 Å². The van der Waals surface area contributed by atoms with Gasteiger partial charge in [0.2, 0.25) is 11.8 Å². The van der Waals surface area contributed by atoms with Crippen LogP contribution in [0.5, 0.6) is 11.5 Å². The van der Waals surface area contributed by atoms with E-state index < -0.39 is 14.1 Å². The molecule has 186 valence electrons. The number of benzene rings is 2. The molecule has 0 saturated heterocycles. The summed E-state index contributed by atoms with van der Waals surface area (Å²) < 4.78 is 7.47. The van der Waals surface area contributed by atoms with Crippen LogP contribution in [0.3, 0.4) is 0 Å². The van der Waals surface area contributed by atoms with Crippen molar-refractivity contribution in [3.63, 3.8) is 0 Å². The molecule has 17 heteroatoms. The maximum Gasteiger partial charge on any atom is 0.540 e. The first-order valence-electron chi connectivity index (χ1n) is 9.29. The predicted octanol–water partition coefficient (Wildman–Crippen LogP) is 8.21. The van der Waals surface area contributed by atoms with Gasteiger partial charge in [-0.3, -0.25) is 14.8 Å². The third-order valence-corrected chi connectivity index (χ3v) is 13.4. The van der Waals surface area contributed by atoms with E-state index in [1.54, 1.807) is 35.1 Å². The Kier molecular flexibility index (Phi) is 20.1. The molecule has 0 radical (unpaired) electrons. The molecule has 0 aromatic heterocycles. The minimum atomic E-state index is -1.35. The molecule has 35 heavy (non-hydrogen) atoms. The fourth-order valence-corrected chi connectivity index (χ4v) is 6.07. The molecule has 0 aliphatic rings. The Morgan fingerprint density at radius 1 is 1.09 bits per heavy atom. The van der Waals surface area contributed by atoms with Crippen LogP contribution in [0.15, 0.2) is 63.8 Å². The van der Waals surface area contributed by atoms with E-state index >= 15 is 0 Å². The SMILES string of the molecule is [CH2-]N([CH2-])CCc1ccc(O[P+](=S)N(C)/N=C/c2ccc(ON=NPP(P=N)P=N)cc2)cc1.[W].[W]. The summed E-state index contributed by atoms with van der Waals surface area (Å²) in [5, 5.41) is 22.6. The van der Waals surface area contributed by atoms with Crippen molar-refractivity contribution in [3.05, 3.63) is 73.8 Å². The van der Waals surface area contributed by atoms with Crippen LogP contribution in [0.2, 0.25) is 0 Å². The standard InChI is InChI=1S/C18H23N7O2P5S.2W/c1-24(2)13-12-15-4-10-18(11-5-15)27-31(33)25(3)21-14-16-6-8-17(9-7-16)26-22-23-30-32(28-19)29-20;;/h4-11,14,19-20,30H,1-2,12-13H2,3H3;;/q-1;;/b21-14+,23-22?;;. The Morgan fingerprint density at radius 3 is 2.26 bits per heavy atom. The van der Waals surface area contributed by atoms with Crippen LogP contribution < -0.4 is 9.36 Å². The summed E-state index contributed by atoms with van der Waals surface area (Å²) in [4.78, 5) is 10.8. The van der Waals surface area contributed by atoms with E-state index in [4.69, 9.17) is 31.5 Å². The Labute approximate surface area is 247 Å². The van der Waals surface area contributed by atoms with Crippen molar-refractivity contribution in [2.75, 3.05) is 13.6 Å². The minimum absolute atomic E-state index is 0. The predicted molar refractivity (Wildman–Crippen MR) is 144 cm³/mol. The second-order valence-electron chi connectivity index (χ2n) is 6.28. The van der Waals surface area contributed by atoms with E-state index in [9.17, 15) is 0 Å². The van der Waals surface area contributed by atoms with Crippen LogP contribution >= 0.6 is 38.6 Å². The molecule has 0 bridgehead atoms. The van der Waals surface area contributed by atoms with Crippen molar-refractivity contribution in [3.8, 4) is 11.5 Å². The third-order valence-electron chi connectivity index (χ3n) is 3.82. The summed E-state index contributed by atoms with van der Waals surface area (Å²) in [6.45, 7) is 0.0201. The number of hydrogen-bond donors (Lipinski definition) is 2. The smallest absolute Gasteiger partial charge is 0.540 e. The summed E-state index contributed by atoms with van der Waals surface area (Å²) in [6.07, 6.45) is 2.56. The number of rotatable bonds is 14. The van der Waals surface area contributed by atoms with Gasteiger partial charge in [-0.1, -0.05) is 23.5 Å². The van der Waals surface area contributed by atoms with Crippen molar-refractivity contribution >= 4 is 56.6 Å². The first kappa shape index (κ1) is 35.0. The molecular formula is C18H23N7O2P5SW2-. The van der Waals surface area contributed by atoms with Crippen molar-refractivity contribution in [2.24, 2.45) is 15.3 Å². The average molecular weight is 924 g/mol. The maximum atomic E-state index is 7.27. The van der Waals surface area contributed by atoms with Gasteiger partial charge in [0.1, 0.15) is 0 Å². The van der Waals surface area contributed by atoms with Gasteiger partial charge in [-0.05, 0) is 53.9 Å². The fraction of sp³-hybridized carbons (Fsp3) is 0.167. The molecule has 0 heterocycles. The van der Waals surface area contributed by atoms with Crippen molar-refractivity contribution in [1.29, 1.82) is 10.3 Å². The Hall–Kier alpha value is 0.0266.